The van der Waals surface area contributed by atoms with Gasteiger partial charge in [-0.25, -0.2) is 0 Å². The van der Waals surface area contributed by atoms with Crippen LogP contribution >= 0.6 is 11.8 Å². The van der Waals surface area contributed by atoms with Gasteiger partial charge in [0.05, 0.1) is 0 Å². The highest BCUT2D eigenvalue weighted by atomic mass is 32.2. The molecule has 1 aliphatic rings. The average Bonchev–Trinajstić information content (AvgIpc) is 2.45. The Labute approximate surface area is 114 Å². The predicted molar refractivity (Wildman–Crippen MR) is 78.9 cm³/mol. The molecule has 2 rings (SSSR count). The highest BCUT2D eigenvalue weighted by Gasteiger charge is 2.17. The van der Waals surface area contributed by atoms with Crippen molar-refractivity contribution >= 4 is 11.8 Å². The summed E-state index contributed by atoms with van der Waals surface area (Å²) in [6.07, 6.45) is 5.04. The zero-order valence-corrected chi connectivity index (χ0v) is 12.0. The molecule has 1 aliphatic heterocycles. The molecule has 0 aliphatic carbocycles. The lowest BCUT2D eigenvalue weighted by Crippen LogP contribution is -2.41. The minimum Gasteiger partial charge on any atom is -0.311 e. The van der Waals surface area contributed by atoms with Gasteiger partial charge in [0.1, 0.15) is 0 Å². The highest BCUT2D eigenvalue weighted by Crippen LogP contribution is 2.20. The van der Waals surface area contributed by atoms with E-state index in [0.717, 1.165) is 24.9 Å². The van der Waals surface area contributed by atoms with E-state index in [1.807, 2.05) is 18.5 Å². The van der Waals surface area contributed by atoms with Crippen molar-refractivity contribution in [2.45, 2.75) is 25.1 Å². The summed E-state index contributed by atoms with van der Waals surface area (Å²) in [5.41, 5.74) is 1.26. The Kier molecular flexibility index (Phi) is 5.97. The molecule has 0 spiro atoms. The van der Waals surface area contributed by atoms with Crippen LogP contribution in [-0.2, 0) is 6.54 Å². The van der Waals surface area contributed by atoms with Gasteiger partial charge in [-0.2, -0.15) is 11.8 Å². The van der Waals surface area contributed by atoms with Gasteiger partial charge in [-0.15, -0.1) is 0 Å². The number of nitrogens with zero attached hydrogens (tertiary/aromatic N) is 2. The minimum atomic E-state index is 0.845. The molecule has 1 aromatic heterocycles. The number of rotatable bonds is 6. The van der Waals surface area contributed by atoms with E-state index >= 15 is 0 Å². The molecule has 1 saturated heterocycles. The summed E-state index contributed by atoms with van der Waals surface area (Å²) in [4.78, 5) is 6.71. The molecule has 100 valence electrons. The van der Waals surface area contributed by atoms with Crippen LogP contribution in [0.2, 0.25) is 0 Å². The first kappa shape index (κ1) is 13.8. The smallest absolute Gasteiger partial charge is 0.0312 e. The van der Waals surface area contributed by atoms with Gasteiger partial charge < -0.3 is 10.2 Å². The molecule has 0 amide bonds. The van der Waals surface area contributed by atoms with E-state index in [4.69, 9.17) is 0 Å². The number of thioether (sulfide) groups is 1. The minimum absolute atomic E-state index is 0.845. The third kappa shape index (κ3) is 4.59. The first-order valence-electron chi connectivity index (χ1n) is 6.82. The Bertz CT molecular complexity index is 331. The van der Waals surface area contributed by atoms with Crippen molar-refractivity contribution < 1.29 is 0 Å². The summed E-state index contributed by atoms with van der Waals surface area (Å²) in [6.45, 7) is 7.95. The fraction of sp³-hybridized carbons (Fsp3) is 0.643. The first-order chi connectivity index (χ1) is 8.88. The van der Waals surface area contributed by atoms with Crippen LogP contribution < -0.4 is 5.32 Å². The van der Waals surface area contributed by atoms with Gasteiger partial charge in [0, 0.05) is 56.1 Å². The van der Waals surface area contributed by atoms with Crippen LogP contribution in [-0.4, -0.2) is 47.1 Å². The van der Waals surface area contributed by atoms with Crippen LogP contribution in [0.25, 0.3) is 0 Å². The van der Waals surface area contributed by atoms with Gasteiger partial charge in [-0.05, 0) is 18.1 Å². The summed E-state index contributed by atoms with van der Waals surface area (Å²) >= 11 is 2.13. The quantitative estimate of drug-likeness (QED) is 0.796. The van der Waals surface area contributed by atoms with Gasteiger partial charge >= 0.3 is 0 Å². The Balaban J connectivity index is 1.60. The van der Waals surface area contributed by atoms with Crippen LogP contribution in [0.15, 0.2) is 24.5 Å². The molecule has 1 fully saturated rings. The molecule has 1 unspecified atom stereocenters. The lowest BCUT2D eigenvalue weighted by Gasteiger charge is -2.31. The molecule has 18 heavy (non-hydrogen) atoms. The Hall–Kier alpha value is -0.580. The van der Waals surface area contributed by atoms with Gasteiger partial charge in [-0.3, -0.25) is 4.98 Å². The number of nitrogens with one attached hydrogen (secondary N) is 1. The Morgan fingerprint density at radius 1 is 1.56 bits per heavy atom. The van der Waals surface area contributed by atoms with E-state index in [0.29, 0.717) is 0 Å². The predicted octanol–water partition coefficient (Wildman–Crippen LogP) is 2.00. The summed E-state index contributed by atoms with van der Waals surface area (Å²) in [5, 5.41) is 4.34. The molecule has 1 N–H and O–H groups in total. The van der Waals surface area contributed by atoms with Crippen molar-refractivity contribution in [2.24, 2.45) is 0 Å². The number of hydrogen-bond donors (Lipinski definition) is 1. The highest BCUT2D eigenvalue weighted by molar-refractivity contribution is 8.00. The number of aromatic nitrogens is 1. The molecule has 3 nitrogen and oxygen atoms in total. The maximum Gasteiger partial charge on any atom is 0.0312 e. The Morgan fingerprint density at radius 3 is 3.28 bits per heavy atom. The van der Waals surface area contributed by atoms with Crippen molar-refractivity contribution in [1.82, 2.24) is 15.2 Å². The van der Waals surface area contributed by atoms with Crippen LogP contribution in [0.5, 0.6) is 0 Å². The third-order valence-electron chi connectivity index (χ3n) is 3.33. The second-order valence-electron chi connectivity index (χ2n) is 4.74. The maximum atomic E-state index is 4.12. The number of pyridine rings is 1. The Morgan fingerprint density at radius 2 is 2.50 bits per heavy atom. The fourth-order valence-corrected chi connectivity index (χ4v) is 3.45. The zero-order valence-electron chi connectivity index (χ0n) is 11.1. The molecular formula is C14H23N3S. The van der Waals surface area contributed by atoms with Crippen molar-refractivity contribution in [3.8, 4) is 0 Å². The second kappa shape index (κ2) is 7.77. The van der Waals surface area contributed by atoms with Crippen molar-refractivity contribution in [3.63, 3.8) is 0 Å². The average molecular weight is 265 g/mol. The van der Waals surface area contributed by atoms with Crippen molar-refractivity contribution in [2.75, 3.05) is 31.9 Å². The van der Waals surface area contributed by atoms with Crippen molar-refractivity contribution in [1.29, 1.82) is 0 Å². The largest absolute Gasteiger partial charge is 0.311 e. The lowest BCUT2D eigenvalue weighted by molar-refractivity contribution is 0.280. The van der Waals surface area contributed by atoms with E-state index < -0.39 is 0 Å². The molecular weight excluding hydrogens is 242 g/mol. The monoisotopic (exact) mass is 265 g/mol. The molecule has 4 heteroatoms. The van der Waals surface area contributed by atoms with Crippen LogP contribution in [0, 0.1) is 0 Å². The molecule has 1 atom stereocenters. The summed E-state index contributed by atoms with van der Waals surface area (Å²) < 4.78 is 0. The molecule has 0 saturated carbocycles. The summed E-state index contributed by atoms with van der Waals surface area (Å²) in [6, 6.07) is 4.11. The fourth-order valence-electron chi connectivity index (χ4n) is 2.20. The molecule has 0 radical (unpaired) electrons. The molecule has 0 aromatic carbocycles. The summed E-state index contributed by atoms with van der Waals surface area (Å²) in [7, 11) is 0. The maximum absolute atomic E-state index is 4.12. The van der Waals surface area contributed by atoms with E-state index in [9.17, 15) is 0 Å². The van der Waals surface area contributed by atoms with Crippen LogP contribution in [0.3, 0.4) is 0 Å². The van der Waals surface area contributed by atoms with Gasteiger partial charge in [-0.1, -0.05) is 13.0 Å². The first-order valence-corrected chi connectivity index (χ1v) is 7.87. The molecule has 0 bridgehead atoms. The lowest BCUT2D eigenvalue weighted by atomic mass is 10.3. The molecule has 2 heterocycles. The van der Waals surface area contributed by atoms with Crippen LogP contribution in [0.4, 0.5) is 0 Å². The van der Waals surface area contributed by atoms with E-state index in [2.05, 4.69) is 40.0 Å². The van der Waals surface area contributed by atoms with Gasteiger partial charge in [0.15, 0.2) is 0 Å². The van der Waals surface area contributed by atoms with Gasteiger partial charge in [0.2, 0.25) is 0 Å². The van der Waals surface area contributed by atoms with E-state index in [1.54, 1.807) is 0 Å². The topological polar surface area (TPSA) is 28.2 Å². The van der Waals surface area contributed by atoms with Gasteiger partial charge in [0.25, 0.3) is 0 Å². The third-order valence-corrected chi connectivity index (χ3v) is 4.71. The van der Waals surface area contributed by atoms with E-state index in [-0.39, 0.29) is 0 Å². The normalized spacial score (nSPS) is 21.1. The number of hydrogen-bond acceptors (Lipinski definition) is 4. The van der Waals surface area contributed by atoms with E-state index in [1.165, 1.54) is 30.8 Å². The van der Waals surface area contributed by atoms with Crippen LogP contribution in [0.1, 0.15) is 18.9 Å². The molecule has 1 aromatic rings. The summed E-state index contributed by atoms with van der Waals surface area (Å²) in [5.74, 6) is 1.29. The van der Waals surface area contributed by atoms with Crippen molar-refractivity contribution in [3.05, 3.63) is 30.1 Å². The standard InChI is InChI=1S/C14H23N3S/c1-2-14-12-17(8-9-18-14)7-6-16-11-13-4-3-5-15-10-13/h3-5,10,14,16H,2,6-9,11-12H2,1H3. The SMILES string of the molecule is CCC1CN(CCNCc2cccnc2)CCS1. The zero-order chi connectivity index (χ0) is 12.6. The second-order valence-corrected chi connectivity index (χ2v) is 6.15.